The average molecular weight is 453 g/mol. The summed E-state index contributed by atoms with van der Waals surface area (Å²) in [6.45, 7) is 0.265. The Balaban J connectivity index is 1.71. The lowest BCUT2D eigenvalue weighted by atomic mass is 10.0. The van der Waals surface area contributed by atoms with E-state index in [1.807, 2.05) is 6.07 Å². The van der Waals surface area contributed by atoms with Crippen LogP contribution in [-0.2, 0) is 9.59 Å². The van der Waals surface area contributed by atoms with Gasteiger partial charge in [0.25, 0.3) is 0 Å². The van der Waals surface area contributed by atoms with Crippen LogP contribution >= 0.6 is 23.2 Å². The molecule has 0 bridgehead atoms. The number of hydrazine groups is 1. The average Bonchev–Trinajstić information content (AvgIpc) is 2.71. The molecule has 0 fully saturated rings. The molecule has 0 heterocycles. The Morgan fingerprint density at radius 3 is 2.37 bits per heavy atom. The number of nitrogens with two attached hydrogens (primary N) is 1. The second-order valence-electron chi connectivity index (χ2n) is 6.30. The molecule has 0 aliphatic heterocycles. The Morgan fingerprint density at radius 2 is 1.70 bits per heavy atom. The Bertz CT molecular complexity index is 880. The molecule has 2 aromatic rings. The minimum atomic E-state index is -0.749. The summed E-state index contributed by atoms with van der Waals surface area (Å²) in [5.74, 6) is -0.382. The second kappa shape index (κ2) is 11.9. The lowest BCUT2D eigenvalue weighted by Crippen LogP contribution is -2.44. The normalized spacial score (nSPS) is 11.3. The van der Waals surface area contributed by atoms with E-state index in [0.717, 1.165) is 5.56 Å². The maximum Gasteiger partial charge on any atom is 0.312 e. The highest BCUT2D eigenvalue weighted by Crippen LogP contribution is 2.27. The third kappa shape index (κ3) is 8.18. The predicted octanol–water partition coefficient (Wildman–Crippen LogP) is 3.10. The lowest BCUT2D eigenvalue weighted by Gasteiger charge is -2.18. The van der Waals surface area contributed by atoms with Crippen molar-refractivity contribution in [3.8, 4) is 5.75 Å². The summed E-state index contributed by atoms with van der Waals surface area (Å²) in [7, 11) is 0. The van der Waals surface area contributed by atoms with Gasteiger partial charge in [-0.1, -0.05) is 53.5 Å². The van der Waals surface area contributed by atoms with Crippen molar-refractivity contribution in [1.29, 1.82) is 0 Å². The first-order chi connectivity index (χ1) is 14.3. The number of urea groups is 1. The molecule has 0 saturated carbocycles. The third-order valence-corrected chi connectivity index (χ3v) is 4.48. The molecule has 0 aliphatic carbocycles. The first-order valence-electron chi connectivity index (χ1n) is 9.11. The van der Waals surface area contributed by atoms with Crippen molar-refractivity contribution in [3.05, 3.63) is 64.1 Å². The first-order valence-corrected chi connectivity index (χ1v) is 9.87. The van der Waals surface area contributed by atoms with Gasteiger partial charge in [-0.25, -0.2) is 4.79 Å². The van der Waals surface area contributed by atoms with E-state index >= 15 is 0 Å². The van der Waals surface area contributed by atoms with Crippen molar-refractivity contribution in [2.75, 3.05) is 6.61 Å². The maximum atomic E-state index is 12.1. The number of nitrogens with one attached hydrogen (secondary N) is 3. The Labute approximate surface area is 184 Å². The highest BCUT2D eigenvalue weighted by atomic mass is 35.5. The van der Waals surface area contributed by atoms with Crippen LogP contribution in [0.2, 0.25) is 10.0 Å². The van der Waals surface area contributed by atoms with Crippen LogP contribution in [0.5, 0.6) is 5.75 Å². The van der Waals surface area contributed by atoms with Crippen LogP contribution in [0.25, 0.3) is 0 Å². The molecule has 0 aliphatic rings. The van der Waals surface area contributed by atoms with Gasteiger partial charge in [-0.05, 0) is 30.2 Å². The van der Waals surface area contributed by atoms with E-state index in [9.17, 15) is 14.4 Å². The summed E-state index contributed by atoms with van der Waals surface area (Å²) in [5.41, 5.74) is 10.5. The van der Waals surface area contributed by atoms with Gasteiger partial charge in [0.1, 0.15) is 5.75 Å². The summed E-state index contributed by atoms with van der Waals surface area (Å²) in [6.07, 6.45) is 0.453. The van der Waals surface area contributed by atoms with Crippen LogP contribution in [0, 0.1) is 0 Å². The van der Waals surface area contributed by atoms with Gasteiger partial charge in [0.2, 0.25) is 11.8 Å². The number of primary amides is 1. The van der Waals surface area contributed by atoms with Crippen molar-refractivity contribution in [2.24, 2.45) is 5.73 Å². The van der Waals surface area contributed by atoms with Crippen LogP contribution in [0.3, 0.4) is 0 Å². The zero-order valence-electron chi connectivity index (χ0n) is 16.0. The number of amides is 4. The summed E-state index contributed by atoms with van der Waals surface area (Å²) >= 11 is 11.8. The molecule has 1 unspecified atom stereocenters. The molecule has 160 valence electrons. The zero-order valence-corrected chi connectivity index (χ0v) is 17.5. The number of ether oxygens (including phenoxy) is 1. The van der Waals surface area contributed by atoms with E-state index in [1.165, 1.54) is 0 Å². The number of hydrogen-bond donors (Lipinski definition) is 4. The van der Waals surface area contributed by atoms with Gasteiger partial charge in [0.15, 0.2) is 0 Å². The molecule has 0 aromatic heterocycles. The van der Waals surface area contributed by atoms with Crippen LogP contribution in [0.15, 0.2) is 48.5 Å². The molecule has 0 radical (unpaired) electrons. The lowest BCUT2D eigenvalue weighted by molar-refractivity contribution is -0.129. The van der Waals surface area contributed by atoms with Gasteiger partial charge in [-0.2, -0.15) is 0 Å². The van der Waals surface area contributed by atoms with E-state index in [-0.39, 0.29) is 25.4 Å². The number of hydrogen-bond acceptors (Lipinski definition) is 4. The topological polar surface area (TPSA) is 123 Å². The standard InChI is InChI=1S/C20H22Cl2N4O4/c21-14-8-9-17(15(22)11-14)30-10-4-7-18(27)25-26-19(28)12-16(24-20(23)29)13-5-2-1-3-6-13/h1-3,5-6,8-9,11,16H,4,7,10,12H2,(H,25,27)(H,26,28)(H3,23,24,29). The number of carbonyl (C=O) groups excluding carboxylic acids is 3. The van der Waals surface area contributed by atoms with Crippen LogP contribution < -0.4 is 26.6 Å². The number of rotatable bonds is 9. The minimum absolute atomic E-state index is 0.0919. The molecular weight excluding hydrogens is 431 g/mol. The fourth-order valence-electron chi connectivity index (χ4n) is 2.55. The molecule has 4 amide bonds. The number of halogens is 2. The quantitative estimate of drug-likeness (QED) is 0.344. The predicted molar refractivity (Wildman–Crippen MR) is 114 cm³/mol. The summed E-state index contributed by atoms with van der Waals surface area (Å²) in [4.78, 5) is 35.2. The molecule has 2 rings (SSSR count). The second-order valence-corrected chi connectivity index (χ2v) is 7.14. The van der Waals surface area contributed by atoms with E-state index < -0.39 is 18.0 Å². The van der Waals surface area contributed by atoms with Crippen molar-refractivity contribution in [1.82, 2.24) is 16.2 Å². The maximum absolute atomic E-state index is 12.1. The molecular formula is C20H22Cl2N4O4. The van der Waals surface area contributed by atoms with Crippen molar-refractivity contribution in [3.63, 3.8) is 0 Å². The van der Waals surface area contributed by atoms with Crippen molar-refractivity contribution >= 4 is 41.0 Å². The fourth-order valence-corrected chi connectivity index (χ4v) is 3.02. The van der Waals surface area contributed by atoms with Crippen LogP contribution in [0.1, 0.15) is 30.9 Å². The first kappa shape index (κ1) is 23.3. The van der Waals surface area contributed by atoms with Gasteiger partial charge in [0.05, 0.1) is 24.1 Å². The third-order valence-electron chi connectivity index (χ3n) is 3.95. The Morgan fingerprint density at radius 1 is 1.00 bits per heavy atom. The summed E-state index contributed by atoms with van der Waals surface area (Å²) in [6, 6.07) is 12.4. The van der Waals surface area contributed by atoms with Gasteiger partial charge in [-0.15, -0.1) is 0 Å². The highest BCUT2D eigenvalue weighted by molar-refractivity contribution is 6.35. The molecule has 30 heavy (non-hydrogen) atoms. The molecule has 1 atom stereocenters. The molecule has 5 N–H and O–H groups in total. The Kier molecular flexibility index (Phi) is 9.24. The van der Waals surface area contributed by atoms with Crippen molar-refractivity contribution < 1.29 is 19.1 Å². The van der Waals surface area contributed by atoms with E-state index in [1.54, 1.807) is 42.5 Å². The van der Waals surface area contributed by atoms with Gasteiger partial charge in [0, 0.05) is 11.4 Å². The smallest absolute Gasteiger partial charge is 0.312 e. The van der Waals surface area contributed by atoms with E-state index in [2.05, 4.69) is 16.2 Å². The molecule has 0 spiro atoms. The summed E-state index contributed by atoms with van der Waals surface area (Å²) < 4.78 is 5.50. The highest BCUT2D eigenvalue weighted by Gasteiger charge is 2.17. The van der Waals surface area contributed by atoms with Crippen LogP contribution in [0.4, 0.5) is 4.79 Å². The monoisotopic (exact) mass is 452 g/mol. The SMILES string of the molecule is NC(=O)NC(CC(=O)NNC(=O)CCCOc1ccc(Cl)cc1Cl)c1ccccc1. The zero-order chi connectivity index (χ0) is 21.9. The Hall–Kier alpha value is -2.97. The van der Waals surface area contributed by atoms with Crippen LogP contribution in [-0.4, -0.2) is 24.5 Å². The van der Waals surface area contributed by atoms with Gasteiger partial charge < -0.3 is 15.8 Å². The van der Waals surface area contributed by atoms with Crippen molar-refractivity contribution in [2.45, 2.75) is 25.3 Å². The molecule has 2 aromatic carbocycles. The van der Waals surface area contributed by atoms with E-state index in [4.69, 9.17) is 33.7 Å². The number of carbonyl (C=O) groups is 3. The molecule has 0 saturated heterocycles. The van der Waals surface area contributed by atoms with Gasteiger partial charge >= 0.3 is 6.03 Å². The molecule has 10 heteroatoms. The summed E-state index contributed by atoms with van der Waals surface area (Å²) in [5, 5.41) is 3.40. The fraction of sp³-hybridized carbons (Fsp3) is 0.250. The minimum Gasteiger partial charge on any atom is -0.492 e. The largest absolute Gasteiger partial charge is 0.492 e. The van der Waals surface area contributed by atoms with Gasteiger partial charge in [-0.3, -0.25) is 20.4 Å². The molecule has 8 nitrogen and oxygen atoms in total. The number of benzene rings is 2. The van der Waals surface area contributed by atoms with E-state index in [0.29, 0.717) is 22.2 Å².